The molecule has 0 spiro atoms. The number of pyridine rings is 1. The molecule has 4 nitrogen and oxygen atoms in total. The maximum Gasteiger partial charge on any atom is 0.251 e. The third kappa shape index (κ3) is 2.82. The van der Waals surface area contributed by atoms with Crippen molar-refractivity contribution in [2.24, 2.45) is 11.1 Å². The van der Waals surface area contributed by atoms with Crippen LogP contribution < -0.4 is 11.1 Å². The lowest BCUT2D eigenvalue weighted by Crippen LogP contribution is -2.40. The minimum absolute atomic E-state index is 0.0351. The number of nitrogens with one attached hydrogen (secondary N) is 1. The number of nitrogens with zero attached hydrogens (tertiary/aromatic N) is 1. The molecule has 17 heavy (non-hydrogen) atoms. The maximum absolute atomic E-state index is 11.9. The summed E-state index contributed by atoms with van der Waals surface area (Å²) in [4.78, 5) is 15.8. The van der Waals surface area contributed by atoms with Gasteiger partial charge in [-0.1, -0.05) is 12.8 Å². The Labute approximate surface area is 102 Å². The van der Waals surface area contributed by atoms with Crippen LogP contribution in [0.1, 0.15) is 36.0 Å². The molecule has 92 valence electrons. The van der Waals surface area contributed by atoms with Crippen molar-refractivity contribution >= 4 is 5.91 Å². The van der Waals surface area contributed by atoms with Crippen molar-refractivity contribution in [3.8, 4) is 0 Å². The van der Waals surface area contributed by atoms with Crippen LogP contribution >= 0.6 is 0 Å². The summed E-state index contributed by atoms with van der Waals surface area (Å²) in [5.74, 6) is -0.0351. The van der Waals surface area contributed by atoms with Gasteiger partial charge in [-0.15, -0.1) is 0 Å². The summed E-state index contributed by atoms with van der Waals surface area (Å²) in [5, 5.41) is 2.99. The summed E-state index contributed by atoms with van der Waals surface area (Å²) in [6.45, 7) is 1.34. The molecule has 1 saturated carbocycles. The average Bonchev–Trinajstić information content (AvgIpc) is 2.86. The Morgan fingerprint density at radius 3 is 2.59 bits per heavy atom. The van der Waals surface area contributed by atoms with Crippen LogP contribution in [0.3, 0.4) is 0 Å². The van der Waals surface area contributed by atoms with E-state index < -0.39 is 0 Å². The van der Waals surface area contributed by atoms with Gasteiger partial charge in [-0.25, -0.2) is 0 Å². The van der Waals surface area contributed by atoms with Crippen LogP contribution in [0.5, 0.6) is 0 Å². The van der Waals surface area contributed by atoms with Crippen LogP contribution in [-0.4, -0.2) is 24.0 Å². The first-order chi connectivity index (χ1) is 8.26. The van der Waals surface area contributed by atoms with E-state index in [1.54, 1.807) is 24.5 Å². The lowest BCUT2D eigenvalue weighted by molar-refractivity contribution is 0.0932. The number of carbonyl (C=O) groups is 1. The van der Waals surface area contributed by atoms with Crippen LogP contribution in [0.4, 0.5) is 0 Å². The molecule has 0 unspecified atom stereocenters. The summed E-state index contributed by atoms with van der Waals surface area (Å²) in [6.07, 6.45) is 7.96. The second-order valence-electron chi connectivity index (χ2n) is 4.83. The zero-order valence-electron chi connectivity index (χ0n) is 9.98. The molecule has 0 aliphatic heterocycles. The molecule has 0 radical (unpaired) electrons. The quantitative estimate of drug-likeness (QED) is 0.824. The van der Waals surface area contributed by atoms with Gasteiger partial charge in [0.15, 0.2) is 0 Å². The van der Waals surface area contributed by atoms with Gasteiger partial charge in [0.05, 0.1) is 0 Å². The number of amides is 1. The topological polar surface area (TPSA) is 68.0 Å². The van der Waals surface area contributed by atoms with Crippen LogP contribution in [0.2, 0.25) is 0 Å². The Balaban J connectivity index is 1.92. The number of nitrogens with two attached hydrogens (primary N) is 1. The predicted octanol–water partition coefficient (Wildman–Crippen LogP) is 1.33. The van der Waals surface area contributed by atoms with E-state index in [-0.39, 0.29) is 11.3 Å². The van der Waals surface area contributed by atoms with Gasteiger partial charge in [0.2, 0.25) is 0 Å². The van der Waals surface area contributed by atoms with Crippen molar-refractivity contribution in [2.45, 2.75) is 25.7 Å². The molecule has 0 aromatic carbocycles. The van der Waals surface area contributed by atoms with Crippen LogP contribution in [0.25, 0.3) is 0 Å². The molecule has 1 heterocycles. The Bertz CT molecular complexity index is 372. The fourth-order valence-corrected chi connectivity index (χ4v) is 2.45. The zero-order valence-corrected chi connectivity index (χ0v) is 9.98. The largest absolute Gasteiger partial charge is 0.351 e. The minimum atomic E-state index is -0.0351. The Kier molecular flexibility index (Phi) is 3.74. The van der Waals surface area contributed by atoms with E-state index in [0.717, 1.165) is 12.8 Å². The molecule has 1 fully saturated rings. The van der Waals surface area contributed by atoms with Gasteiger partial charge in [0.1, 0.15) is 0 Å². The molecule has 3 N–H and O–H groups in total. The number of hydrogen-bond donors (Lipinski definition) is 2. The van der Waals surface area contributed by atoms with Crippen molar-refractivity contribution in [3.05, 3.63) is 30.1 Å². The SMILES string of the molecule is NCC1(CNC(=O)c2ccncc2)CCCC1. The molecule has 0 bridgehead atoms. The van der Waals surface area contributed by atoms with E-state index in [1.807, 2.05) is 0 Å². The molecule has 2 rings (SSSR count). The van der Waals surface area contributed by atoms with Crippen molar-refractivity contribution in [3.63, 3.8) is 0 Å². The Morgan fingerprint density at radius 1 is 1.35 bits per heavy atom. The highest BCUT2D eigenvalue weighted by molar-refractivity contribution is 5.93. The van der Waals surface area contributed by atoms with E-state index in [0.29, 0.717) is 18.7 Å². The van der Waals surface area contributed by atoms with E-state index in [9.17, 15) is 4.79 Å². The number of hydrogen-bond acceptors (Lipinski definition) is 3. The predicted molar refractivity (Wildman–Crippen MR) is 66.5 cm³/mol. The monoisotopic (exact) mass is 233 g/mol. The first-order valence-corrected chi connectivity index (χ1v) is 6.14. The Morgan fingerprint density at radius 2 is 2.00 bits per heavy atom. The van der Waals surface area contributed by atoms with Gasteiger partial charge in [0.25, 0.3) is 5.91 Å². The van der Waals surface area contributed by atoms with Crippen molar-refractivity contribution < 1.29 is 4.79 Å². The fraction of sp³-hybridized carbons (Fsp3) is 0.538. The molecule has 1 aromatic rings. The standard InChI is InChI=1S/C13H19N3O/c14-9-13(5-1-2-6-13)10-16-12(17)11-3-7-15-8-4-11/h3-4,7-8H,1-2,5-6,9-10,14H2,(H,16,17). The number of rotatable bonds is 4. The first kappa shape index (κ1) is 12.0. The third-order valence-corrected chi connectivity index (χ3v) is 3.66. The summed E-state index contributed by atoms with van der Waals surface area (Å²) in [6, 6.07) is 3.44. The molecule has 1 aromatic heterocycles. The Hall–Kier alpha value is -1.42. The highest BCUT2D eigenvalue weighted by Crippen LogP contribution is 2.36. The summed E-state index contributed by atoms with van der Waals surface area (Å²) < 4.78 is 0. The second-order valence-corrected chi connectivity index (χ2v) is 4.83. The smallest absolute Gasteiger partial charge is 0.251 e. The second kappa shape index (κ2) is 5.27. The number of aromatic nitrogens is 1. The van der Waals surface area contributed by atoms with Gasteiger partial charge in [-0.3, -0.25) is 9.78 Å². The number of carbonyl (C=O) groups excluding carboxylic acids is 1. The van der Waals surface area contributed by atoms with Gasteiger partial charge in [-0.2, -0.15) is 0 Å². The van der Waals surface area contributed by atoms with E-state index >= 15 is 0 Å². The molecule has 0 saturated heterocycles. The molecule has 0 atom stereocenters. The lowest BCUT2D eigenvalue weighted by atomic mass is 9.86. The van der Waals surface area contributed by atoms with Crippen LogP contribution in [0, 0.1) is 5.41 Å². The van der Waals surface area contributed by atoms with E-state index in [2.05, 4.69) is 10.3 Å². The maximum atomic E-state index is 11.9. The van der Waals surface area contributed by atoms with E-state index in [4.69, 9.17) is 5.73 Å². The molecule has 1 amide bonds. The lowest BCUT2D eigenvalue weighted by Gasteiger charge is -2.27. The summed E-state index contributed by atoms with van der Waals surface area (Å²) in [5.41, 5.74) is 6.62. The van der Waals surface area contributed by atoms with Crippen molar-refractivity contribution in [1.29, 1.82) is 0 Å². The average molecular weight is 233 g/mol. The van der Waals surface area contributed by atoms with Crippen molar-refractivity contribution in [2.75, 3.05) is 13.1 Å². The zero-order chi connectivity index (χ0) is 12.1. The van der Waals surface area contributed by atoms with Crippen molar-refractivity contribution in [1.82, 2.24) is 10.3 Å². The molecule has 1 aliphatic rings. The molecule has 1 aliphatic carbocycles. The van der Waals surface area contributed by atoms with E-state index in [1.165, 1.54) is 12.8 Å². The van der Waals surface area contributed by atoms with Crippen LogP contribution in [-0.2, 0) is 0 Å². The van der Waals surface area contributed by atoms with Gasteiger partial charge in [0, 0.05) is 24.5 Å². The van der Waals surface area contributed by atoms with Gasteiger partial charge in [-0.05, 0) is 36.9 Å². The summed E-state index contributed by atoms with van der Waals surface area (Å²) in [7, 11) is 0. The summed E-state index contributed by atoms with van der Waals surface area (Å²) >= 11 is 0. The van der Waals surface area contributed by atoms with Gasteiger partial charge >= 0.3 is 0 Å². The minimum Gasteiger partial charge on any atom is -0.351 e. The molecular weight excluding hydrogens is 214 g/mol. The molecular formula is C13H19N3O. The van der Waals surface area contributed by atoms with Crippen LogP contribution in [0.15, 0.2) is 24.5 Å². The third-order valence-electron chi connectivity index (χ3n) is 3.66. The fourth-order valence-electron chi connectivity index (χ4n) is 2.45. The molecule has 4 heteroatoms. The van der Waals surface area contributed by atoms with Gasteiger partial charge < -0.3 is 11.1 Å². The normalized spacial score (nSPS) is 17.9. The highest BCUT2D eigenvalue weighted by atomic mass is 16.1. The first-order valence-electron chi connectivity index (χ1n) is 6.14. The highest BCUT2D eigenvalue weighted by Gasteiger charge is 2.32.